The van der Waals surface area contributed by atoms with Crippen molar-refractivity contribution in [1.29, 1.82) is 0 Å². The molecule has 21 heavy (non-hydrogen) atoms. The molecular weight excluding hydrogens is 264 g/mol. The lowest BCUT2D eigenvalue weighted by atomic mass is 9.81. The Morgan fingerprint density at radius 2 is 2.05 bits per heavy atom. The zero-order valence-corrected chi connectivity index (χ0v) is 13.1. The third-order valence-electron chi connectivity index (χ3n) is 4.24. The van der Waals surface area contributed by atoms with E-state index in [-0.39, 0.29) is 17.9 Å². The second-order valence-electron chi connectivity index (χ2n) is 6.09. The Labute approximate surface area is 127 Å². The Kier molecular flexibility index (Phi) is 5.62. The van der Waals surface area contributed by atoms with Crippen molar-refractivity contribution in [3.63, 3.8) is 0 Å². The fraction of sp³-hybridized carbons (Fsp3) is 0.588. The van der Waals surface area contributed by atoms with Gasteiger partial charge in [0, 0.05) is 6.54 Å². The number of para-hydroxylation sites is 1. The summed E-state index contributed by atoms with van der Waals surface area (Å²) in [6, 6.07) is 7.87. The van der Waals surface area contributed by atoms with Crippen LogP contribution >= 0.6 is 0 Å². The van der Waals surface area contributed by atoms with Crippen molar-refractivity contribution in [2.45, 2.75) is 33.1 Å². The zero-order chi connectivity index (χ0) is 15.1. The molecule has 2 rings (SSSR count). The minimum atomic E-state index is -0.0411. The highest BCUT2D eigenvalue weighted by molar-refractivity contribution is 5.77. The predicted octanol–water partition coefficient (Wildman–Crippen LogP) is 2.13. The number of rotatable bonds is 6. The Hall–Kier alpha value is -1.55. The number of hydrogen-bond donors (Lipinski definition) is 2. The van der Waals surface area contributed by atoms with E-state index in [1.165, 1.54) is 0 Å². The van der Waals surface area contributed by atoms with E-state index >= 15 is 0 Å². The van der Waals surface area contributed by atoms with Crippen molar-refractivity contribution in [3.8, 4) is 5.75 Å². The molecule has 0 unspecified atom stereocenters. The molecule has 1 saturated heterocycles. The first kappa shape index (κ1) is 15.8. The van der Waals surface area contributed by atoms with Gasteiger partial charge in [0.1, 0.15) is 5.75 Å². The second kappa shape index (κ2) is 7.46. The topological polar surface area (TPSA) is 50.4 Å². The lowest BCUT2D eigenvalue weighted by Crippen LogP contribution is -2.43. The smallest absolute Gasteiger partial charge is 0.257 e. The number of piperidine rings is 1. The van der Waals surface area contributed by atoms with Gasteiger partial charge in [-0.25, -0.2) is 0 Å². The summed E-state index contributed by atoms with van der Waals surface area (Å²) in [5, 5.41) is 6.36. The van der Waals surface area contributed by atoms with Gasteiger partial charge < -0.3 is 15.4 Å². The number of amides is 1. The molecule has 0 aromatic heterocycles. The molecule has 1 aromatic carbocycles. The number of carbonyl (C=O) groups is 1. The highest BCUT2D eigenvalue weighted by Gasteiger charge is 2.26. The first-order valence-electron chi connectivity index (χ1n) is 7.81. The SMILES string of the molecule is CCc1ccccc1OCC(=O)NCC1(C)CCNCC1. The molecule has 116 valence electrons. The van der Waals surface area contributed by atoms with Crippen LogP contribution in [0.4, 0.5) is 0 Å². The summed E-state index contributed by atoms with van der Waals surface area (Å²) < 4.78 is 5.64. The zero-order valence-electron chi connectivity index (χ0n) is 13.1. The standard InChI is InChI=1S/C17H26N2O2/c1-3-14-6-4-5-7-15(14)21-12-16(20)19-13-17(2)8-10-18-11-9-17/h4-7,18H,3,8-13H2,1-2H3,(H,19,20). The fourth-order valence-corrected chi connectivity index (χ4v) is 2.65. The Balaban J connectivity index is 1.77. The van der Waals surface area contributed by atoms with E-state index in [2.05, 4.69) is 24.5 Å². The van der Waals surface area contributed by atoms with Crippen molar-refractivity contribution in [2.24, 2.45) is 5.41 Å². The van der Waals surface area contributed by atoms with Gasteiger partial charge in [0.15, 0.2) is 6.61 Å². The maximum atomic E-state index is 11.9. The molecule has 0 aliphatic carbocycles. The number of benzene rings is 1. The monoisotopic (exact) mass is 290 g/mol. The molecular formula is C17H26N2O2. The molecule has 1 heterocycles. The van der Waals surface area contributed by atoms with Crippen LogP contribution in [0.3, 0.4) is 0 Å². The maximum absolute atomic E-state index is 11.9. The molecule has 1 aliphatic heterocycles. The fourth-order valence-electron chi connectivity index (χ4n) is 2.65. The summed E-state index contributed by atoms with van der Waals surface area (Å²) in [6.07, 6.45) is 3.11. The molecule has 4 heteroatoms. The number of hydrogen-bond acceptors (Lipinski definition) is 3. The van der Waals surface area contributed by atoms with Crippen molar-refractivity contribution in [2.75, 3.05) is 26.2 Å². The molecule has 1 aliphatic rings. The normalized spacial score (nSPS) is 17.2. The van der Waals surface area contributed by atoms with Crippen LogP contribution in [-0.4, -0.2) is 32.1 Å². The minimum absolute atomic E-state index is 0.0411. The number of nitrogens with one attached hydrogen (secondary N) is 2. The number of carbonyl (C=O) groups excluding carboxylic acids is 1. The number of aryl methyl sites for hydroxylation is 1. The molecule has 1 aromatic rings. The summed E-state index contributed by atoms with van der Waals surface area (Å²) in [7, 11) is 0. The van der Waals surface area contributed by atoms with Gasteiger partial charge in [-0.15, -0.1) is 0 Å². The first-order chi connectivity index (χ1) is 10.1. The predicted molar refractivity (Wildman–Crippen MR) is 84.5 cm³/mol. The first-order valence-corrected chi connectivity index (χ1v) is 7.81. The van der Waals surface area contributed by atoms with Gasteiger partial charge in [-0.1, -0.05) is 32.0 Å². The van der Waals surface area contributed by atoms with Crippen LogP contribution in [0.5, 0.6) is 5.75 Å². The van der Waals surface area contributed by atoms with Crippen LogP contribution in [0, 0.1) is 5.41 Å². The van der Waals surface area contributed by atoms with E-state index in [0.717, 1.165) is 50.2 Å². The molecule has 0 saturated carbocycles. The summed E-state index contributed by atoms with van der Waals surface area (Å²) in [4.78, 5) is 11.9. The van der Waals surface area contributed by atoms with Crippen LogP contribution in [0.25, 0.3) is 0 Å². The molecule has 0 spiro atoms. The quantitative estimate of drug-likeness (QED) is 0.844. The van der Waals surface area contributed by atoms with Crippen molar-refractivity contribution < 1.29 is 9.53 Å². The van der Waals surface area contributed by atoms with Gasteiger partial charge in [-0.05, 0) is 49.4 Å². The lowest BCUT2D eigenvalue weighted by molar-refractivity contribution is -0.123. The van der Waals surface area contributed by atoms with E-state index in [9.17, 15) is 4.79 Å². The van der Waals surface area contributed by atoms with Gasteiger partial charge in [-0.3, -0.25) is 4.79 Å². The molecule has 0 bridgehead atoms. The molecule has 1 amide bonds. The summed E-state index contributed by atoms with van der Waals surface area (Å²) in [5.74, 6) is 0.767. The van der Waals surface area contributed by atoms with Crippen LogP contribution in [0.2, 0.25) is 0 Å². The highest BCUT2D eigenvalue weighted by atomic mass is 16.5. The maximum Gasteiger partial charge on any atom is 0.257 e. The van der Waals surface area contributed by atoms with E-state index in [4.69, 9.17) is 4.74 Å². The Morgan fingerprint density at radius 1 is 1.33 bits per heavy atom. The molecule has 0 radical (unpaired) electrons. The average Bonchev–Trinajstić information content (AvgIpc) is 2.52. The van der Waals surface area contributed by atoms with Gasteiger partial charge in [-0.2, -0.15) is 0 Å². The molecule has 4 nitrogen and oxygen atoms in total. The van der Waals surface area contributed by atoms with Crippen molar-refractivity contribution >= 4 is 5.91 Å². The van der Waals surface area contributed by atoms with Crippen molar-refractivity contribution in [3.05, 3.63) is 29.8 Å². The largest absolute Gasteiger partial charge is 0.483 e. The highest BCUT2D eigenvalue weighted by Crippen LogP contribution is 2.26. The Bertz CT molecular complexity index is 468. The molecule has 2 N–H and O–H groups in total. The van der Waals surface area contributed by atoms with E-state index in [1.54, 1.807) is 0 Å². The summed E-state index contributed by atoms with van der Waals surface area (Å²) in [5.41, 5.74) is 1.35. The molecule has 1 fully saturated rings. The second-order valence-corrected chi connectivity index (χ2v) is 6.09. The van der Waals surface area contributed by atoms with Crippen LogP contribution in [0.1, 0.15) is 32.3 Å². The minimum Gasteiger partial charge on any atom is -0.483 e. The van der Waals surface area contributed by atoms with Crippen LogP contribution in [-0.2, 0) is 11.2 Å². The van der Waals surface area contributed by atoms with Crippen molar-refractivity contribution in [1.82, 2.24) is 10.6 Å². The number of ether oxygens (including phenoxy) is 1. The van der Waals surface area contributed by atoms with Gasteiger partial charge in [0.2, 0.25) is 0 Å². The van der Waals surface area contributed by atoms with Gasteiger partial charge >= 0.3 is 0 Å². The van der Waals surface area contributed by atoms with Crippen LogP contribution in [0.15, 0.2) is 24.3 Å². The van der Waals surface area contributed by atoms with Gasteiger partial charge in [0.05, 0.1) is 0 Å². The summed E-state index contributed by atoms with van der Waals surface area (Å²) in [6.45, 7) is 7.21. The van der Waals surface area contributed by atoms with E-state index in [0.29, 0.717) is 0 Å². The lowest BCUT2D eigenvalue weighted by Gasteiger charge is -2.34. The summed E-state index contributed by atoms with van der Waals surface area (Å²) >= 11 is 0. The Morgan fingerprint density at radius 3 is 2.76 bits per heavy atom. The van der Waals surface area contributed by atoms with Crippen LogP contribution < -0.4 is 15.4 Å². The van der Waals surface area contributed by atoms with E-state index < -0.39 is 0 Å². The average molecular weight is 290 g/mol. The van der Waals surface area contributed by atoms with E-state index in [1.807, 2.05) is 24.3 Å². The third-order valence-corrected chi connectivity index (χ3v) is 4.24. The third kappa shape index (κ3) is 4.74. The molecule has 0 atom stereocenters. The van der Waals surface area contributed by atoms with Gasteiger partial charge in [0.25, 0.3) is 5.91 Å².